The molecule has 1 aromatic heterocycles. The minimum absolute atomic E-state index is 0.0765. The van der Waals surface area contributed by atoms with E-state index in [2.05, 4.69) is 36.3 Å². The van der Waals surface area contributed by atoms with Crippen molar-refractivity contribution in [2.24, 2.45) is 11.8 Å². The maximum Gasteiger partial charge on any atom is 0.230 e. The van der Waals surface area contributed by atoms with E-state index in [0.717, 1.165) is 35.3 Å². The van der Waals surface area contributed by atoms with Crippen LogP contribution >= 0.6 is 11.8 Å². The third kappa shape index (κ3) is 4.69. The Hall–Kier alpha value is -2.02. The van der Waals surface area contributed by atoms with E-state index in [1.54, 1.807) is 7.11 Å². The number of amides is 1. The van der Waals surface area contributed by atoms with E-state index in [9.17, 15) is 4.79 Å². The summed E-state index contributed by atoms with van der Waals surface area (Å²) in [6.07, 6.45) is 3.53. The van der Waals surface area contributed by atoms with Crippen molar-refractivity contribution in [1.82, 2.24) is 20.1 Å². The molecule has 7 heteroatoms. The van der Waals surface area contributed by atoms with Crippen LogP contribution in [0, 0.1) is 11.8 Å². The number of benzene rings is 1. The van der Waals surface area contributed by atoms with Crippen LogP contribution in [0.25, 0.3) is 11.4 Å². The monoisotopic (exact) mass is 402 g/mol. The van der Waals surface area contributed by atoms with Gasteiger partial charge in [0.1, 0.15) is 5.75 Å². The Morgan fingerprint density at radius 1 is 1.25 bits per heavy atom. The normalized spacial score (nSPS) is 22.1. The first kappa shape index (κ1) is 20.7. The Morgan fingerprint density at radius 3 is 2.68 bits per heavy atom. The lowest BCUT2D eigenvalue weighted by atomic mass is 9.78. The number of hydrogen-bond acceptors (Lipinski definition) is 5. The minimum Gasteiger partial charge on any atom is -0.497 e. The predicted octanol–water partition coefficient (Wildman–Crippen LogP) is 4.01. The summed E-state index contributed by atoms with van der Waals surface area (Å²) in [5, 5.41) is 12.7. The highest BCUT2D eigenvalue weighted by Gasteiger charge is 2.28. The number of carbonyl (C=O) groups excluding carboxylic acids is 1. The van der Waals surface area contributed by atoms with Crippen molar-refractivity contribution in [2.75, 3.05) is 12.9 Å². The van der Waals surface area contributed by atoms with Crippen LogP contribution in [0.1, 0.15) is 40.0 Å². The fraction of sp³-hybridized carbons (Fsp3) is 0.571. The maximum atomic E-state index is 12.5. The van der Waals surface area contributed by atoms with Crippen LogP contribution in [0.5, 0.6) is 5.75 Å². The first-order chi connectivity index (χ1) is 13.5. The molecule has 0 spiro atoms. The molecule has 1 amide bonds. The molecule has 1 aromatic carbocycles. The number of nitrogens with one attached hydrogen (secondary N) is 1. The standard InChI is InChI=1S/C21H30N4O2S/c1-5-25-20(16-9-11-17(27-4)12-10-16)23-24-21(25)28-13-19(26)22-18-8-6-7-14(2)15(18)3/h9-12,14-15,18H,5-8,13H2,1-4H3,(H,22,26)/t14-,15-,18-/m0/s1. The Balaban J connectivity index is 1.62. The molecule has 3 rings (SSSR count). The third-order valence-electron chi connectivity index (χ3n) is 5.77. The molecule has 0 saturated heterocycles. The highest BCUT2D eigenvalue weighted by Crippen LogP contribution is 2.30. The van der Waals surface area contributed by atoms with Gasteiger partial charge in [0.2, 0.25) is 5.91 Å². The molecular weight excluding hydrogens is 372 g/mol. The molecule has 6 nitrogen and oxygen atoms in total. The number of nitrogens with zero attached hydrogens (tertiary/aromatic N) is 3. The molecule has 0 radical (unpaired) electrons. The van der Waals surface area contributed by atoms with Gasteiger partial charge in [-0.15, -0.1) is 10.2 Å². The van der Waals surface area contributed by atoms with Crippen LogP contribution in [0.4, 0.5) is 0 Å². The fourth-order valence-electron chi connectivity index (χ4n) is 3.80. The van der Waals surface area contributed by atoms with E-state index in [4.69, 9.17) is 4.74 Å². The summed E-state index contributed by atoms with van der Waals surface area (Å²) in [6, 6.07) is 8.06. The van der Waals surface area contributed by atoms with Crippen LogP contribution < -0.4 is 10.1 Å². The van der Waals surface area contributed by atoms with E-state index in [1.165, 1.54) is 24.6 Å². The zero-order valence-electron chi connectivity index (χ0n) is 17.1. The number of carbonyl (C=O) groups is 1. The van der Waals surface area contributed by atoms with Crippen LogP contribution in [-0.2, 0) is 11.3 Å². The van der Waals surface area contributed by atoms with Crippen molar-refractivity contribution in [2.45, 2.75) is 57.8 Å². The molecule has 0 unspecified atom stereocenters. The highest BCUT2D eigenvalue weighted by atomic mass is 32.2. The van der Waals surface area contributed by atoms with Gasteiger partial charge in [0, 0.05) is 18.2 Å². The van der Waals surface area contributed by atoms with Crippen LogP contribution in [0.3, 0.4) is 0 Å². The lowest BCUT2D eigenvalue weighted by molar-refractivity contribution is -0.120. The number of ether oxygens (including phenoxy) is 1. The molecule has 152 valence electrons. The zero-order valence-corrected chi connectivity index (χ0v) is 18.0. The molecule has 1 aliphatic carbocycles. The summed E-state index contributed by atoms with van der Waals surface area (Å²) in [4.78, 5) is 12.5. The Bertz CT molecular complexity index is 790. The lowest BCUT2D eigenvalue weighted by Crippen LogP contribution is -2.44. The summed E-state index contributed by atoms with van der Waals surface area (Å²) in [7, 11) is 1.65. The van der Waals surface area contributed by atoms with Gasteiger partial charge in [0.15, 0.2) is 11.0 Å². The van der Waals surface area contributed by atoms with E-state index in [-0.39, 0.29) is 11.9 Å². The smallest absolute Gasteiger partial charge is 0.230 e. The van der Waals surface area contributed by atoms with Gasteiger partial charge in [-0.1, -0.05) is 38.5 Å². The summed E-state index contributed by atoms with van der Waals surface area (Å²) in [6.45, 7) is 7.33. The SMILES string of the molecule is CCn1c(SCC(=O)N[C@H]2CCC[C@H](C)[C@@H]2C)nnc1-c1ccc(OC)cc1. The van der Waals surface area contributed by atoms with Gasteiger partial charge in [0.05, 0.1) is 12.9 Å². The van der Waals surface area contributed by atoms with Gasteiger partial charge in [-0.25, -0.2) is 0 Å². The van der Waals surface area contributed by atoms with Gasteiger partial charge < -0.3 is 14.6 Å². The van der Waals surface area contributed by atoms with Gasteiger partial charge in [-0.3, -0.25) is 4.79 Å². The first-order valence-electron chi connectivity index (χ1n) is 10.0. The van der Waals surface area contributed by atoms with Gasteiger partial charge in [-0.05, 0) is 49.4 Å². The lowest BCUT2D eigenvalue weighted by Gasteiger charge is -2.34. The van der Waals surface area contributed by atoms with Crippen molar-refractivity contribution >= 4 is 17.7 Å². The van der Waals surface area contributed by atoms with Crippen molar-refractivity contribution in [1.29, 1.82) is 0 Å². The number of thioether (sulfide) groups is 1. The predicted molar refractivity (Wildman–Crippen MR) is 113 cm³/mol. The van der Waals surface area contributed by atoms with E-state index in [1.807, 2.05) is 28.8 Å². The molecule has 1 aliphatic rings. The number of aromatic nitrogens is 3. The molecule has 2 aromatic rings. The third-order valence-corrected chi connectivity index (χ3v) is 6.73. The average molecular weight is 403 g/mol. The van der Waals surface area contributed by atoms with Crippen LogP contribution in [0.2, 0.25) is 0 Å². The molecule has 1 heterocycles. The first-order valence-corrected chi connectivity index (χ1v) is 11.0. The van der Waals surface area contributed by atoms with Crippen molar-refractivity contribution in [3.05, 3.63) is 24.3 Å². The van der Waals surface area contributed by atoms with Gasteiger partial charge >= 0.3 is 0 Å². The second-order valence-corrected chi connectivity index (χ2v) is 8.45. The minimum atomic E-state index is 0.0765. The van der Waals surface area contributed by atoms with Crippen LogP contribution in [0.15, 0.2) is 29.4 Å². The Morgan fingerprint density at radius 2 is 2.00 bits per heavy atom. The second kappa shape index (κ2) is 9.45. The molecule has 28 heavy (non-hydrogen) atoms. The summed E-state index contributed by atoms with van der Waals surface area (Å²) in [5.74, 6) is 3.25. The molecule has 3 atom stereocenters. The summed E-state index contributed by atoms with van der Waals surface area (Å²) < 4.78 is 7.26. The highest BCUT2D eigenvalue weighted by molar-refractivity contribution is 7.99. The van der Waals surface area contributed by atoms with Gasteiger partial charge in [0.25, 0.3) is 0 Å². The average Bonchev–Trinajstić information content (AvgIpc) is 3.13. The number of methoxy groups -OCH3 is 1. The summed E-state index contributed by atoms with van der Waals surface area (Å²) in [5.41, 5.74) is 0.983. The Labute approximate surface area is 171 Å². The van der Waals surface area contributed by atoms with Gasteiger partial charge in [-0.2, -0.15) is 0 Å². The maximum absolute atomic E-state index is 12.5. The van der Waals surface area contributed by atoms with Crippen LogP contribution in [-0.4, -0.2) is 39.6 Å². The molecule has 0 bridgehead atoms. The van der Waals surface area contributed by atoms with Crippen molar-refractivity contribution < 1.29 is 9.53 Å². The molecule has 0 aliphatic heterocycles. The summed E-state index contributed by atoms with van der Waals surface area (Å²) >= 11 is 1.45. The topological polar surface area (TPSA) is 69.0 Å². The van der Waals surface area contributed by atoms with Crippen molar-refractivity contribution in [3.8, 4) is 17.1 Å². The van der Waals surface area contributed by atoms with E-state index >= 15 is 0 Å². The second-order valence-electron chi connectivity index (χ2n) is 7.51. The largest absolute Gasteiger partial charge is 0.497 e. The number of hydrogen-bond donors (Lipinski definition) is 1. The molecule has 1 saturated carbocycles. The van der Waals surface area contributed by atoms with Crippen molar-refractivity contribution in [3.63, 3.8) is 0 Å². The van der Waals surface area contributed by atoms with E-state index in [0.29, 0.717) is 17.6 Å². The van der Waals surface area contributed by atoms with E-state index < -0.39 is 0 Å². The molecule has 1 fully saturated rings. The quantitative estimate of drug-likeness (QED) is 0.709. The molecular formula is C21H30N4O2S. The molecule has 1 N–H and O–H groups in total. The Kier molecular flexibility index (Phi) is 6.99. The number of rotatable bonds is 7. The fourth-order valence-corrected chi connectivity index (χ4v) is 4.61. The zero-order chi connectivity index (χ0) is 20.1.